The summed E-state index contributed by atoms with van der Waals surface area (Å²) in [5, 5.41) is 7.84. The highest BCUT2D eigenvalue weighted by molar-refractivity contribution is 7.22. The molecule has 0 saturated heterocycles. The van der Waals surface area contributed by atoms with Gasteiger partial charge in [0.15, 0.2) is 5.13 Å². The van der Waals surface area contributed by atoms with Gasteiger partial charge in [0.05, 0.1) is 33.4 Å². The lowest BCUT2D eigenvalue weighted by Gasteiger charge is -2.06. The van der Waals surface area contributed by atoms with Crippen LogP contribution in [0.3, 0.4) is 0 Å². The van der Waals surface area contributed by atoms with Crippen LogP contribution in [-0.2, 0) is 0 Å². The van der Waals surface area contributed by atoms with Crippen molar-refractivity contribution in [2.75, 3.05) is 5.32 Å². The quantitative estimate of drug-likeness (QED) is 0.599. The molecule has 4 rings (SSSR count). The van der Waals surface area contributed by atoms with Gasteiger partial charge in [-0.3, -0.25) is 10.1 Å². The fraction of sp³-hybridized carbons (Fsp3) is 0.105. The number of nitrogens with zero attached hydrogens (tertiary/aromatic N) is 3. The van der Waals surface area contributed by atoms with Crippen molar-refractivity contribution in [1.82, 2.24) is 14.8 Å². The van der Waals surface area contributed by atoms with Crippen LogP contribution in [0.1, 0.15) is 21.6 Å². The van der Waals surface area contributed by atoms with Gasteiger partial charge in [-0.05, 0) is 43.7 Å². The molecule has 2 heterocycles. The Labute approximate surface area is 149 Å². The number of carbonyl (C=O) groups is 1. The molecule has 124 valence electrons. The predicted molar refractivity (Wildman–Crippen MR) is 101 cm³/mol. The van der Waals surface area contributed by atoms with Gasteiger partial charge >= 0.3 is 0 Å². The van der Waals surface area contributed by atoms with Crippen molar-refractivity contribution in [2.45, 2.75) is 13.8 Å². The van der Waals surface area contributed by atoms with E-state index in [0.29, 0.717) is 10.7 Å². The molecule has 1 amide bonds. The van der Waals surface area contributed by atoms with Crippen LogP contribution in [0, 0.1) is 13.8 Å². The minimum absolute atomic E-state index is 0.199. The number of aromatic nitrogens is 3. The van der Waals surface area contributed by atoms with Crippen LogP contribution in [0.15, 0.2) is 54.7 Å². The highest BCUT2D eigenvalue weighted by Crippen LogP contribution is 2.26. The van der Waals surface area contributed by atoms with Gasteiger partial charge in [-0.25, -0.2) is 9.67 Å². The fourth-order valence-electron chi connectivity index (χ4n) is 2.74. The maximum atomic E-state index is 12.6. The van der Waals surface area contributed by atoms with Crippen LogP contribution in [0.25, 0.3) is 15.9 Å². The van der Waals surface area contributed by atoms with Gasteiger partial charge in [0.2, 0.25) is 0 Å². The molecule has 0 radical (unpaired) electrons. The third-order valence-electron chi connectivity index (χ3n) is 4.01. The van der Waals surface area contributed by atoms with E-state index < -0.39 is 0 Å². The molecule has 0 saturated carbocycles. The van der Waals surface area contributed by atoms with Crippen molar-refractivity contribution < 1.29 is 4.79 Å². The first kappa shape index (κ1) is 15.5. The average molecular weight is 348 g/mol. The second-order valence-electron chi connectivity index (χ2n) is 5.84. The number of hydrogen-bond acceptors (Lipinski definition) is 4. The highest BCUT2D eigenvalue weighted by Gasteiger charge is 2.16. The molecule has 5 nitrogen and oxygen atoms in total. The molecule has 0 aliphatic carbocycles. The number of carbonyl (C=O) groups excluding carboxylic acids is 1. The first-order chi connectivity index (χ1) is 12.1. The normalized spacial score (nSPS) is 11.0. The molecule has 0 unspecified atom stereocenters. The Morgan fingerprint density at radius 1 is 1.12 bits per heavy atom. The zero-order valence-electron chi connectivity index (χ0n) is 13.9. The Bertz CT molecular complexity index is 1050. The van der Waals surface area contributed by atoms with Gasteiger partial charge in [-0.1, -0.05) is 35.6 Å². The van der Waals surface area contributed by atoms with Gasteiger partial charge < -0.3 is 0 Å². The largest absolute Gasteiger partial charge is 0.298 e. The molecule has 25 heavy (non-hydrogen) atoms. The molecule has 4 aromatic rings. The summed E-state index contributed by atoms with van der Waals surface area (Å²) < 4.78 is 2.82. The maximum absolute atomic E-state index is 12.6. The molecule has 2 aromatic carbocycles. The molecule has 0 atom stereocenters. The molecule has 6 heteroatoms. The summed E-state index contributed by atoms with van der Waals surface area (Å²) in [7, 11) is 0. The summed E-state index contributed by atoms with van der Waals surface area (Å²) in [5.74, 6) is -0.199. The number of anilines is 1. The summed E-state index contributed by atoms with van der Waals surface area (Å²) in [4.78, 5) is 17.1. The molecule has 0 bridgehead atoms. The summed E-state index contributed by atoms with van der Waals surface area (Å²) in [6.45, 7) is 3.92. The molecular weight excluding hydrogens is 332 g/mol. The maximum Gasteiger partial charge on any atom is 0.260 e. The van der Waals surface area contributed by atoms with Crippen LogP contribution in [-0.4, -0.2) is 20.7 Å². The van der Waals surface area contributed by atoms with Crippen molar-refractivity contribution in [3.63, 3.8) is 0 Å². The van der Waals surface area contributed by atoms with Crippen LogP contribution in [0.2, 0.25) is 0 Å². The van der Waals surface area contributed by atoms with E-state index in [1.807, 2.05) is 62.4 Å². The lowest BCUT2D eigenvalue weighted by molar-refractivity contribution is 0.102. The van der Waals surface area contributed by atoms with Crippen molar-refractivity contribution in [1.29, 1.82) is 0 Å². The molecule has 2 aromatic heterocycles. The third kappa shape index (κ3) is 2.92. The Kier molecular flexibility index (Phi) is 3.82. The number of nitrogens with one attached hydrogen (secondary N) is 1. The van der Waals surface area contributed by atoms with Gasteiger partial charge in [-0.2, -0.15) is 5.10 Å². The summed E-state index contributed by atoms with van der Waals surface area (Å²) >= 11 is 1.46. The summed E-state index contributed by atoms with van der Waals surface area (Å²) in [6.07, 6.45) is 1.60. The van der Waals surface area contributed by atoms with E-state index in [1.165, 1.54) is 11.3 Å². The first-order valence-corrected chi connectivity index (χ1v) is 8.72. The van der Waals surface area contributed by atoms with Crippen LogP contribution in [0.4, 0.5) is 5.13 Å². The smallest absolute Gasteiger partial charge is 0.260 e. The van der Waals surface area contributed by atoms with Gasteiger partial charge in [0, 0.05) is 0 Å². The lowest BCUT2D eigenvalue weighted by atomic mass is 10.2. The topological polar surface area (TPSA) is 59.8 Å². The molecule has 0 fully saturated rings. The standard InChI is InChI=1S/C19H16N4OS/c1-12-6-5-7-14(10-12)23-13(2)15(11-20-23)18(24)22-19-21-16-8-3-4-9-17(16)25-19/h3-11H,1-2H3,(H,21,22,24). The van der Waals surface area contributed by atoms with Crippen molar-refractivity contribution >= 4 is 32.6 Å². The van der Waals surface area contributed by atoms with E-state index in [2.05, 4.69) is 15.4 Å². The van der Waals surface area contributed by atoms with Gasteiger partial charge in [-0.15, -0.1) is 0 Å². The van der Waals surface area contributed by atoms with E-state index in [-0.39, 0.29) is 5.91 Å². The Balaban J connectivity index is 1.62. The van der Waals surface area contributed by atoms with Crippen LogP contribution < -0.4 is 5.32 Å². The molecule has 0 aliphatic heterocycles. The Morgan fingerprint density at radius 2 is 1.96 bits per heavy atom. The molecule has 1 N–H and O–H groups in total. The number of rotatable bonds is 3. The highest BCUT2D eigenvalue weighted by atomic mass is 32.1. The third-order valence-corrected chi connectivity index (χ3v) is 4.97. The number of thiazole rings is 1. The Hall–Kier alpha value is -2.99. The van der Waals surface area contributed by atoms with E-state index >= 15 is 0 Å². The van der Waals surface area contributed by atoms with E-state index in [4.69, 9.17) is 0 Å². The predicted octanol–water partition coefficient (Wildman–Crippen LogP) is 4.35. The van der Waals surface area contributed by atoms with Gasteiger partial charge in [0.1, 0.15) is 0 Å². The molecule has 0 spiro atoms. The summed E-state index contributed by atoms with van der Waals surface area (Å²) in [6, 6.07) is 15.8. The zero-order chi connectivity index (χ0) is 17.4. The van der Waals surface area contributed by atoms with E-state index in [1.54, 1.807) is 10.9 Å². The van der Waals surface area contributed by atoms with Crippen molar-refractivity contribution in [3.05, 3.63) is 71.5 Å². The second-order valence-corrected chi connectivity index (χ2v) is 6.87. The lowest BCUT2D eigenvalue weighted by Crippen LogP contribution is -2.13. The number of hydrogen-bond donors (Lipinski definition) is 1. The van der Waals surface area contributed by atoms with Crippen LogP contribution >= 0.6 is 11.3 Å². The number of aryl methyl sites for hydroxylation is 1. The first-order valence-electron chi connectivity index (χ1n) is 7.90. The van der Waals surface area contributed by atoms with Crippen LogP contribution in [0.5, 0.6) is 0 Å². The van der Waals surface area contributed by atoms with E-state index in [0.717, 1.165) is 27.2 Å². The monoisotopic (exact) mass is 348 g/mol. The summed E-state index contributed by atoms with van der Waals surface area (Å²) in [5.41, 5.74) is 4.31. The minimum Gasteiger partial charge on any atom is -0.298 e. The molecular formula is C19H16N4OS. The number of benzene rings is 2. The molecule has 0 aliphatic rings. The van der Waals surface area contributed by atoms with E-state index in [9.17, 15) is 4.79 Å². The SMILES string of the molecule is Cc1cccc(-n2ncc(C(=O)Nc3nc4ccccc4s3)c2C)c1. The van der Waals surface area contributed by atoms with Crippen molar-refractivity contribution in [3.8, 4) is 5.69 Å². The second kappa shape index (κ2) is 6.14. The number of para-hydroxylation sites is 1. The fourth-order valence-corrected chi connectivity index (χ4v) is 3.60. The number of amides is 1. The average Bonchev–Trinajstić information content (AvgIpc) is 3.17. The van der Waals surface area contributed by atoms with Gasteiger partial charge in [0.25, 0.3) is 5.91 Å². The zero-order valence-corrected chi connectivity index (χ0v) is 14.7. The Morgan fingerprint density at radius 3 is 2.76 bits per heavy atom. The number of fused-ring (bicyclic) bond motifs is 1. The van der Waals surface area contributed by atoms with Crippen molar-refractivity contribution in [2.24, 2.45) is 0 Å². The minimum atomic E-state index is -0.199.